The van der Waals surface area contributed by atoms with Crippen LogP contribution in [0.3, 0.4) is 0 Å². The Kier molecular flexibility index (Phi) is 12.4. The third-order valence-electron chi connectivity index (χ3n) is 2.07. The summed E-state index contributed by atoms with van der Waals surface area (Å²) in [6.07, 6.45) is 3.91. The zero-order valence-corrected chi connectivity index (χ0v) is 11.9. The molecule has 0 atom stereocenters. The molecule has 0 nitrogen and oxygen atoms in total. The van der Waals surface area contributed by atoms with Gasteiger partial charge < -0.3 is 0 Å². The van der Waals surface area contributed by atoms with Crippen LogP contribution in [0.4, 0.5) is 0 Å². The fourth-order valence-corrected chi connectivity index (χ4v) is 5.51. The van der Waals surface area contributed by atoms with Crippen LogP contribution in [0.2, 0.25) is 18.1 Å². The van der Waals surface area contributed by atoms with Crippen LogP contribution >= 0.6 is 37.9 Å². The maximum absolute atomic E-state index is 4.26. The van der Waals surface area contributed by atoms with Gasteiger partial charge in [-0.1, -0.05) is 18.1 Å². The van der Waals surface area contributed by atoms with Crippen molar-refractivity contribution in [2.75, 3.05) is 17.3 Å². The standard InChI is InChI=1S/C9H21S3Si/c10-4-1-7-13(8-2-5-11)9-3-6-12/h10-12H,1-9H2. The molecule has 0 aromatic heterocycles. The predicted molar refractivity (Wildman–Crippen MR) is 75.6 cm³/mol. The summed E-state index contributed by atoms with van der Waals surface area (Å²) in [6.45, 7) is 0. The van der Waals surface area contributed by atoms with Gasteiger partial charge in [-0.2, -0.15) is 37.9 Å². The Bertz CT molecular complexity index is 81.8. The molecule has 0 aliphatic rings. The molecular formula is C9H21S3Si. The molecule has 0 saturated heterocycles. The molecular weight excluding hydrogens is 232 g/mol. The minimum Gasteiger partial charge on any atom is -0.179 e. The lowest BCUT2D eigenvalue weighted by Gasteiger charge is -2.12. The van der Waals surface area contributed by atoms with Gasteiger partial charge in [0.05, 0.1) is 0 Å². The van der Waals surface area contributed by atoms with Crippen LogP contribution in [0, 0.1) is 0 Å². The van der Waals surface area contributed by atoms with Gasteiger partial charge in [-0.05, 0) is 36.5 Å². The van der Waals surface area contributed by atoms with Crippen molar-refractivity contribution in [3.05, 3.63) is 0 Å². The van der Waals surface area contributed by atoms with Crippen molar-refractivity contribution >= 4 is 46.7 Å². The maximum Gasteiger partial charge on any atom is 0.0480 e. The summed E-state index contributed by atoms with van der Waals surface area (Å²) in [6, 6.07) is 4.32. The zero-order valence-electron chi connectivity index (χ0n) is 8.21. The van der Waals surface area contributed by atoms with Gasteiger partial charge in [0.25, 0.3) is 0 Å². The van der Waals surface area contributed by atoms with E-state index in [0.717, 1.165) is 17.3 Å². The first-order chi connectivity index (χ1) is 6.35. The highest BCUT2D eigenvalue weighted by Gasteiger charge is 2.08. The van der Waals surface area contributed by atoms with Crippen LogP contribution < -0.4 is 0 Å². The van der Waals surface area contributed by atoms with E-state index in [4.69, 9.17) is 0 Å². The first-order valence-corrected chi connectivity index (χ1v) is 9.03. The van der Waals surface area contributed by atoms with Crippen LogP contribution in [-0.4, -0.2) is 26.1 Å². The largest absolute Gasteiger partial charge is 0.179 e. The lowest BCUT2D eigenvalue weighted by molar-refractivity contribution is 0.974. The molecule has 0 saturated carbocycles. The molecule has 0 fully saturated rings. The van der Waals surface area contributed by atoms with Crippen molar-refractivity contribution in [1.82, 2.24) is 0 Å². The van der Waals surface area contributed by atoms with Gasteiger partial charge in [0, 0.05) is 8.80 Å². The molecule has 79 valence electrons. The third kappa shape index (κ3) is 9.57. The normalized spacial score (nSPS) is 11.1. The average Bonchev–Trinajstić information content (AvgIpc) is 2.17. The van der Waals surface area contributed by atoms with Gasteiger partial charge in [0.15, 0.2) is 0 Å². The second-order valence-corrected chi connectivity index (χ2v) is 7.57. The molecule has 0 heterocycles. The van der Waals surface area contributed by atoms with E-state index in [9.17, 15) is 0 Å². The van der Waals surface area contributed by atoms with E-state index in [1.165, 1.54) is 37.4 Å². The smallest absolute Gasteiger partial charge is 0.0480 e. The van der Waals surface area contributed by atoms with Crippen LogP contribution in [-0.2, 0) is 0 Å². The molecule has 0 aliphatic carbocycles. The first kappa shape index (κ1) is 14.3. The van der Waals surface area contributed by atoms with Crippen molar-refractivity contribution in [3.8, 4) is 0 Å². The van der Waals surface area contributed by atoms with Gasteiger partial charge in [-0.3, -0.25) is 0 Å². The quantitative estimate of drug-likeness (QED) is 0.407. The van der Waals surface area contributed by atoms with Crippen LogP contribution in [0.15, 0.2) is 0 Å². The van der Waals surface area contributed by atoms with Gasteiger partial charge in [0.2, 0.25) is 0 Å². The first-order valence-electron chi connectivity index (χ1n) is 5.01. The van der Waals surface area contributed by atoms with Crippen molar-refractivity contribution < 1.29 is 0 Å². The highest BCUT2D eigenvalue weighted by atomic mass is 32.1. The van der Waals surface area contributed by atoms with E-state index in [1.54, 1.807) is 0 Å². The van der Waals surface area contributed by atoms with Crippen LogP contribution in [0.1, 0.15) is 19.3 Å². The van der Waals surface area contributed by atoms with E-state index in [0.29, 0.717) is 0 Å². The Morgan fingerprint density at radius 1 is 0.615 bits per heavy atom. The van der Waals surface area contributed by atoms with Crippen molar-refractivity contribution in [1.29, 1.82) is 0 Å². The predicted octanol–water partition coefficient (Wildman–Crippen LogP) is 3.44. The lowest BCUT2D eigenvalue weighted by Crippen LogP contribution is -2.12. The molecule has 4 heteroatoms. The Morgan fingerprint density at radius 3 is 1.15 bits per heavy atom. The SMILES string of the molecule is SCCC[Si](CCCS)CCCS. The van der Waals surface area contributed by atoms with Crippen molar-refractivity contribution in [2.24, 2.45) is 0 Å². The second kappa shape index (κ2) is 11.3. The fourth-order valence-electron chi connectivity index (χ4n) is 1.36. The van der Waals surface area contributed by atoms with Crippen molar-refractivity contribution in [2.45, 2.75) is 37.4 Å². The summed E-state index contributed by atoms with van der Waals surface area (Å²) in [5.41, 5.74) is 0. The van der Waals surface area contributed by atoms with Crippen LogP contribution in [0.25, 0.3) is 0 Å². The number of thiol groups is 3. The monoisotopic (exact) mass is 253 g/mol. The summed E-state index contributed by atoms with van der Waals surface area (Å²) >= 11 is 12.8. The molecule has 0 rings (SSSR count). The molecule has 0 unspecified atom stereocenters. The minimum absolute atomic E-state index is 0.0792. The van der Waals surface area contributed by atoms with E-state index in [2.05, 4.69) is 37.9 Å². The molecule has 1 radical (unpaired) electrons. The molecule has 0 spiro atoms. The second-order valence-electron chi connectivity index (χ2n) is 3.23. The molecule has 13 heavy (non-hydrogen) atoms. The summed E-state index contributed by atoms with van der Waals surface area (Å²) < 4.78 is 0. The number of hydrogen-bond donors (Lipinski definition) is 3. The summed E-state index contributed by atoms with van der Waals surface area (Å²) in [5, 5.41) is 0. The van der Waals surface area contributed by atoms with E-state index < -0.39 is 0 Å². The topological polar surface area (TPSA) is 0 Å². The van der Waals surface area contributed by atoms with Crippen LogP contribution in [0.5, 0.6) is 0 Å². The summed E-state index contributed by atoms with van der Waals surface area (Å²) in [7, 11) is -0.0792. The Morgan fingerprint density at radius 2 is 0.923 bits per heavy atom. The molecule has 0 aromatic carbocycles. The summed E-state index contributed by atoms with van der Waals surface area (Å²) in [4.78, 5) is 0. The average molecular weight is 254 g/mol. The van der Waals surface area contributed by atoms with E-state index in [-0.39, 0.29) is 8.80 Å². The van der Waals surface area contributed by atoms with E-state index >= 15 is 0 Å². The van der Waals surface area contributed by atoms with E-state index in [1.807, 2.05) is 0 Å². The number of hydrogen-bond acceptors (Lipinski definition) is 3. The fraction of sp³-hybridized carbons (Fsp3) is 1.00. The Balaban J connectivity index is 3.47. The van der Waals surface area contributed by atoms with Crippen molar-refractivity contribution in [3.63, 3.8) is 0 Å². The molecule has 0 bridgehead atoms. The molecule has 0 amide bonds. The number of rotatable bonds is 9. The third-order valence-corrected chi connectivity index (χ3v) is 6.20. The summed E-state index contributed by atoms with van der Waals surface area (Å²) in [5.74, 6) is 3.15. The van der Waals surface area contributed by atoms with Gasteiger partial charge in [-0.15, -0.1) is 0 Å². The lowest BCUT2D eigenvalue weighted by atomic mass is 10.5. The van der Waals surface area contributed by atoms with Gasteiger partial charge in [-0.25, -0.2) is 0 Å². The molecule has 0 aromatic rings. The maximum atomic E-state index is 4.26. The highest BCUT2D eigenvalue weighted by Crippen LogP contribution is 2.14. The van der Waals surface area contributed by atoms with Gasteiger partial charge in [0.1, 0.15) is 0 Å². The molecule has 0 aliphatic heterocycles. The zero-order chi connectivity index (χ0) is 9.94. The minimum atomic E-state index is -0.0792. The highest BCUT2D eigenvalue weighted by molar-refractivity contribution is 7.80. The Hall–Kier alpha value is 1.27. The molecule has 0 N–H and O–H groups in total. The van der Waals surface area contributed by atoms with Gasteiger partial charge >= 0.3 is 0 Å². The Labute approximate surface area is 101 Å².